The van der Waals surface area contributed by atoms with Crippen molar-refractivity contribution in [1.82, 2.24) is 20.3 Å². The second-order valence-corrected chi connectivity index (χ2v) is 11.5. The number of carbonyl (C=O) groups excluding carboxylic acids is 1. The minimum absolute atomic E-state index is 0.0313. The van der Waals surface area contributed by atoms with Crippen LogP contribution in [0.2, 0.25) is 0 Å². The summed E-state index contributed by atoms with van der Waals surface area (Å²) in [6.07, 6.45) is 4.97. The summed E-state index contributed by atoms with van der Waals surface area (Å²) in [5.74, 6) is -3.56. The molecule has 0 unspecified atom stereocenters. The molecule has 3 aromatic rings. The molecule has 44 heavy (non-hydrogen) atoms. The molecular weight excluding hydrogens is 577 g/mol. The second kappa shape index (κ2) is 14.6. The summed E-state index contributed by atoms with van der Waals surface area (Å²) in [6, 6.07) is 7.15. The molecule has 12 heteroatoms. The number of fused-ring (bicyclic) bond motifs is 1. The van der Waals surface area contributed by atoms with E-state index in [0.29, 0.717) is 64.6 Å². The minimum Gasteiger partial charge on any atom is -0.497 e. The lowest BCUT2D eigenvalue weighted by Gasteiger charge is -2.40. The van der Waals surface area contributed by atoms with Gasteiger partial charge >= 0.3 is 0 Å². The molecule has 2 saturated heterocycles. The van der Waals surface area contributed by atoms with E-state index in [2.05, 4.69) is 9.80 Å². The van der Waals surface area contributed by atoms with E-state index in [1.54, 1.807) is 7.11 Å². The van der Waals surface area contributed by atoms with Gasteiger partial charge in [-0.25, -0.2) is 14.3 Å². The zero-order valence-electron chi connectivity index (χ0n) is 24.9. The van der Waals surface area contributed by atoms with Crippen LogP contribution in [0, 0.1) is 22.9 Å². The molecule has 2 aliphatic heterocycles. The maximum absolute atomic E-state index is 13.9. The topological polar surface area (TPSA) is 96.4 Å². The first-order valence-electron chi connectivity index (χ1n) is 15.0. The largest absolute Gasteiger partial charge is 0.497 e. The first kappa shape index (κ1) is 32.0. The molecule has 1 amide bonds. The van der Waals surface area contributed by atoms with Crippen LogP contribution in [0.5, 0.6) is 11.5 Å². The monoisotopic (exact) mass is 616 g/mol. The van der Waals surface area contributed by atoms with Crippen LogP contribution >= 0.6 is 0 Å². The summed E-state index contributed by atoms with van der Waals surface area (Å²) in [5.41, 5.74) is 4.33. The zero-order valence-corrected chi connectivity index (χ0v) is 24.9. The van der Waals surface area contributed by atoms with Gasteiger partial charge < -0.3 is 14.2 Å². The Balaban J connectivity index is 1.24. The number of hydroxylamine groups is 1. The number of nitrogens with zero attached hydrogens (tertiary/aromatic N) is 3. The van der Waals surface area contributed by atoms with Gasteiger partial charge in [0, 0.05) is 49.9 Å². The highest BCUT2D eigenvalue weighted by Gasteiger charge is 2.40. The Morgan fingerprint density at radius 3 is 2.59 bits per heavy atom. The van der Waals surface area contributed by atoms with E-state index in [4.69, 9.17) is 19.2 Å². The van der Waals surface area contributed by atoms with Crippen molar-refractivity contribution in [2.24, 2.45) is 5.41 Å². The number of halogens is 3. The minimum atomic E-state index is -1.30. The number of ether oxygens (including phenoxy) is 3. The average Bonchev–Trinajstić information content (AvgIpc) is 3.04. The van der Waals surface area contributed by atoms with Gasteiger partial charge in [0.1, 0.15) is 18.2 Å². The number of piperidine rings is 1. The van der Waals surface area contributed by atoms with Crippen molar-refractivity contribution >= 4 is 16.8 Å². The Kier molecular flexibility index (Phi) is 10.6. The number of likely N-dealkylation sites (tertiary alicyclic amines) is 1. The molecule has 2 fully saturated rings. The predicted octanol–water partition coefficient (Wildman–Crippen LogP) is 4.48. The number of hydrogen-bond acceptors (Lipinski definition) is 8. The molecule has 0 saturated carbocycles. The van der Waals surface area contributed by atoms with Crippen LogP contribution in [-0.2, 0) is 22.5 Å². The number of pyridine rings is 1. The van der Waals surface area contributed by atoms with Gasteiger partial charge in [-0.3, -0.25) is 24.8 Å². The van der Waals surface area contributed by atoms with E-state index in [0.717, 1.165) is 54.3 Å². The quantitative estimate of drug-likeness (QED) is 0.175. The number of aryl methyl sites for hydroxylation is 1. The SMILES string of the molecule is COc1ccc2ncc(CN3CCOCC3)c(CCCC3(C(=O)NO)CCN(CCOc4cc(F)cc(F)c4F)CC3)c2c1. The highest BCUT2D eigenvalue weighted by Crippen LogP contribution is 2.38. The van der Waals surface area contributed by atoms with Crippen LogP contribution in [0.1, 0.15) is 36.8 Å². The van der Waals surface area contributed by atoms with Crippen LogP contribution in [0.4, 0.5) is 13.2 Å². The standard InChI is InChI=1S/C32H39F3N4O5/c1-42-24-4-5-28-26(19-24)25(22(20-36-28)21-39-11-14-43-15-12-39)3-2-6-32(31(40)37-41)7-9-38(10-8-32)13-16-44-29-18-23(33)17-27(34)30(29)35/h4-5,17-20,41H,2-3,6-16,21H2,1H3,(H,37,40). The van der Waals surface area contributed by atoms with Crippen LogP contribution in [0.3, 0.4) is 0 Å². The molecule has 0 bridgehead atoms. The van der Waals surface area contributed by atoms with Crippen LogP contribution in [-0.4, -0.2) is 85.6 Å². The van der Waals surface area contributed by atoms with Crippen molar-refractivity contribution < 1.29 is 37.4 Å². The molecule has 0 radical (unpaired) electrons. The van der Waals surface area contributed by atoms with E-state index in [1.807, 2.05) is 29.9 Å². The molecule has 2 aromatic carbocycles. The average molecular weight is 617 g/mol. The third kappa shape index (κ3) is 7.43. The Hall–Kier alpha value is -3.45. The van der Waals surface area contributed by atoms with Gasteiger partial charge in [0.15, 0.2) is 11.6 Å². The summed E-state index contributed by atoms with van der Waals surface area (Å²) in [7, 11) is 1.64. The normalized spacial score (nSPS) is 17.5. The van der Waals surface area contributed by atoms with Crippen LogP contribution < -0.4 is 15.0 Å². The van der Waals surface area contributed by atoms with Gasteiger partial charge in [0.25, 0.3) is 0 Å². The van der Waals surface area contributed by atoms with E-state index in [-0.39, 0.29) is 6.61 Å². The van der Waals surface area contributed by atoms with E-state index in [9.17, 15) is 23.2 Å². The Labute approximate surface area is 254 Å². The Morgan fingerprint density at radius 2 is 1.86 bits per heavy atom. The maximum Gasteiger partial charge on any atom is 0.249 e. The number of aromatic nitrogens is 1. The maximum atomic E-state index is 13.9. The molecule has 0 aliphatic carbocycles. The number of hydrogen-bond donors (Lipinski definition) is 2. The summed E-state index contributed by atoms with van der Waals surface area (Å²) < 4.78 is 57.2. The first-order valence-corrected chi connectivity index (χ1v) is 15.0. The van der Waals surface area contributed by atoms with Crippen molar-refractivity contribution in [3.05, 3.63) is 65.1 Å². The lowest BCUT2D eigenvalue weighted by atomic mass is 9.73. The van der Waals surface area contributed by atoms with Crippen LogP contribution in [0.15, 0.2) is 36.5 Å². The molecule has 2 aliphatic rings. The molecular formula is C32H39F3N4O5. The molecule has 9 nitrogen and oxygen atoms in total. The molecule has 0 atom stereocenters. The summed E-state index contributed by atoms with van der Waals surface area (Å²) in [4.78, 5) is 22.1. The lowest BCUT2D eigenvalue weighted by molar-refractivity contribution is -0.143. The molecule has 3 heterocycles. The van der Waals surface area contributed by atoms with E-state index < -0.39 is 34.5 Å². The second-order valence-electron chi connectivity index (χ2n) is 11.5. The van der Waals surface area contributed by atoms with Crippen molar-refractivity contribution in [2.45, 2.75) is 38.6 Å². The van der Waals surface area contributed by atoms with Gasteiger partial charge in [-0.05, 0) is 74.5 Å². The van der Waals surface area contributed by atoms with Crippen molar-refractivity contribution in [3.8, 4) is 11.5 Å². The summed E-state index contributed by atoms with van der Waals surface area (Å²) >= 11 is 0. The number of nitrogens with one attached hydrogen (secondary N) is 1. The van der Waals surface area contributed by atoms with Gasteiger partial charge in [-0.15, -0.1) is 0 Å². The highest BCUT2D eigenvalue weighted by atomic mass is 19.2. The van der Waals surface area contributed by atoms with E-state index >= 15 is 0 Å². The van der Waals surface area contributed by atoms with Gasteiger partial charge in [0.05, 0.1) is 31.3 Å². The predicted molar refractivity (Wildman–Crippen MR) is 157 cm³/mol. The Morgan fingerprint density at radius 1 is 1.09 bits per heavy atom. The fraction of sp³-hybridized carbons (Fsp3) is 0.500. The van der Waals surface area contributed by atoms with Crippen molar-refractivity contribution in [2.75, 3.05) is 59.7 Å². The molecule has 0 spiro atoms. The van der Waals surface area contributed by atoms with Crippen LogP contribution in [0.25, 0.3) is 10.9 Å². The third-order valence-electron chi connectivity index (χ3n) is 8.88. The number of morpholine rings is 1. The molecule has 1 aromatic heterocycles. The smallest absolute Gasteiger partial charge is 0.249 e. The molecule has 2 N–H and O–H groups in total. The number of rotatable bonds is 12. The summed E-state index contributed by atoms with van der Waals surface area (Å²) in [5, 5.41) is 10.7. The number of methoxy groups -OCH3 is 1. The molecule has 5 rings (SSSR count). The lowest BCUT2D eigenvalue weighted by Crippen LogP contribution is -2.49. The van der Waals surface area contributed by atoms with Gasteiger partial charge in [0.2, 0.25) is 11.7 Å². The van der Waals surface area contributed by atoms with Gasteiger partial charge in [-0.2, -0.15) is 4.39 Å². The number of amides is 1. The third-order valence-corrected chi connectivity index (χ3v) is 8.88. The number of benzene rings is 2. The van der Waals surface area contributed by atoms with Crippen molar-refractivity contribution in [3.63, 3.8) is 0 Å². The first-order chi connectivity index (χ1) is 21.3. The fourth-order valence-corrected chi connectivity index (χ4v) is 6.27. The fourth-order valence-electron chi connectivity index (χ4n) is 6.27. The zero-order chi connectivity index (χ0) is 31.1. The highest BCUT2D eigenvalue weighted by molar-refractivity contribution is 5.85. The summed E-state index contributed by atoms with van der Waals surface area (Å²) in [6.45, 7) is 5.38. The van der Waals surface area contributed by atoms with Gasteiger partial charge in [-0.1, -0.05) is 0 Å². The Bertz CT molecular complexity index is 1450. The van der Waals surface area contributed by atoms with Crippen molar-refractivity contribution in [1.29, 1.82) is 0 Å². The number of carbonyl (C=O) groups is 1. The molecule has 238 valence electrons. The van der Waals surface area contributed by atoms with E-state index in [1.165, 1.54) is 5.56 Å².